The second-order valence-electron chi connectivity index (χ2n) is 15.4. The quantitative estimate of drug-likeness (QED) is 0.0480. The standard InChI is InChI=1S/C24H42N2O3S.C19H33N3O3S.C4H8O.CH4/c1-4-7-8-9-10-11-12-13-14-19-25-24(27)22-15-17-23(18-16-22)30(28,29)26(20-5-2)21-6-3;1-3-15-22(16-4-2)26(24,25)18-11-9-17(10-12-18)19(23)21-14-8-6-5-7-13-20;1-2-3-4-5;/h15-18H,4-14,19-21H2,1-3H3,(H,25,27);9-12H,3-8,13-16,20H2,1-2H3,(H,21,23);4H,2-3H2,1H3;1H4. The zero-order valence-electron chi connectivity index (χ0n) is 38.7. The lowest BCUT2D eigenvalue weighted by atomic mass is 10.1. The van der Waals surface area contributed by atoms with E-state index >= 15 is 0 Å². The summed E-state index contributed by atoms with van der Waals surface area (Å²) in [5.74, 6) is -0.316. The van der Waals surface area contributed by atoms with Gasteiger partial charge in [0.2, 0.25) is 20.0 Å². The molecule has 2 aromatic rings. The van der Waals surface area contributed by atoms with Crippen molar-refractivity contribution in [1.82, 2.24) is 19.2 Å². The van der Waals surface area contributed by atoms with Crippen molar-refractivity contribution in [3.05, 3.63) is 59.7 Å². The van der Waals surface area contributed by atoms with Gasteiger partial charge in [0.15, 0.2) is 0 Å². The molecule has 2 aromatic carbocycles. The molecule has 2 amide bonds. The van der Waals surface area contributed by atoms with Crippen LogP contribution >= 0.6 is 0 Å². The minimum Gasteiger partial charge on any atom is -0.352 e. The fourth-order valence-electron chi connectivity index (χ4n) is 6.34. The van der Waals surface area contributed by atoms with E-state index < -0.39 is 20.0 Å². The van der Waals surface area contributed by atoms with Gasteiger partial charge in [-0.1, -0.05) is 113 Å². The number of amides is 2. The monoisotopic (exact) mass is 910 g/mol. The van der Waals surface area contributed by atoms with Crippen molar-refractivity contribution in [1.29, 1.82) is 0 Å². The summed E-state index contributed by atoms with van der Waals surface area (Å²) < 4.78 is 54.0. The largest absolute Gasteiger partial charge is 0.352 e. The Hall–Kier alpha value is -3.17. The molecule has 0 atom stereocenters. The number of hydrogen-bond donors (Lipinski definition) is 3. The van der Waals surface area contributed by atoms with Crippen LogP contribution in [0.2, 0.25) is 0 Å². The number of aldehydes is 1. The molecule has 0 unspecified atom stereocenters. The van der Waals surface area contributed by atoms with Gasteiger partial charge in [-0.3, -0.25) is 9.59 Å². The van der Waals surface area contributed by atoms with E-state index in [9.17, 15) is 31.2 Å². The highest BCUT2D eigenvalue weighted by atomic mass is 32.2. The third-order valence-electron chi connectivity index (χ3n) is 9.79. The number of carbonyl (C=O) groups excluding carboxylic acids is 3. The summed E-state index contributed by atoms with van der Waals surface area (Å²) in [7, 11) is -7.01. The number of unbranched alkanes of at least 4 members (excludes halogenated alkanes) is 12. The summed E-state index contributed by atoms with van der Waals surface area (Å²) in [5.41, 5.74) is 6.42. The van der Waals surface area contributed by atoms with Crippen molar-refractivity contribution < 1.29 is 31.2 Å². The van der Waals surface area contributed by atoms with Gasteiger partial charge in [0.05, 0.1) is 9.79 Å². The third-order valence-corrected chi connectivity index (χ3v) is 13.6. The summed E-state index contributed by atoms with van der Waals surface area (Å²) in [4.78, 5) is 34.3. The number of nitrogens with two attached hydrogens (primary N) is 1. The molecule has 62 heavy (non-hydrogen) atoms. The molecule has 0 aliphatic rings. The van der Waals surface area contributed by atoms with Crippen LogP contribution in [-0.4, -0.2) is 89.4 Å². The Bertz CT molecular complexity index is 1630. The first-order chi connectivity index (χ1) is 29.3. The molecule has 0 fully saturated rings. The van der Waals surface area contributed by atoms with E-state index in [4.69, 9.17) is 5.73 Å². The minimum atomic E-state index is -3.51. The Labute approximate surface area is 379 Å². The summed E-state index contributed by atoms with van der Waals surface area (Å²) in [6, 6.07) is 12.5. The molecule has 0 saturated heterocycles. The van der Waals surface area contributed by atoms with Gasteiger partial charge < -0.3 is 21.2 Å². The topological polar surface area (TPSA) is 176 Å². The van der Waals surface area contributed by atoms with Gasteiger partial charge in [-0.2, -0.15) is 8.61 Å². The number of rotatable bonds is 32. The molecule has 4 N–H and O–H groups in total. The highest BCUT2D eigenvalue weighted by Gasteiger charge is 2.24. The maximum absolute atomic E-state index is 12.8. The zero-order chi connectivity index (χ0) is 45.8. The number of hydrogen-bond acceptors (Lipinski definition) is 8. The summed E-state index contributed by atoms with van der Waals surface area (Å²) in [6.45, 7) is 16.1. The Morgan fingerprint density at radius 3 is 1.10 bits per heavy atom. The van der Waals surface area contributed by atoms with Gasteiger partial charge in [0, 0.05) is 56.8 Å². The van der Waals surface area contributed by atoms with Crippen molar-refractivity contribution in [3.8, 4) is 0 Å². The molecule has 0 bridgehead atoms. The molecule has 0 saturated carbocycles. The van der Waals surface area contributed by atoms with Crippen LogP contribution in [0, 0.1) is 0 Å². The van der Waals surface area contributed by atoms with Gasteiger partial charge in [0.25, 0.3) is 11.8 Å². The maximum Gasteiger partial charge on any atom is 0.251 e. The van der Waals surface area contributed by atoms with E-state index in [1.165, 1.54) is 65.7 Å². The lowest BCUT2D eigenvalue weighted by molar-refractivity contribution is -0.107. The lowest BCUT2D eigenvalue weighted by Crippen LogP contribution is -2.32. The van der Waals surface area contributed by atoms with E-state index in [1.54, 1.807) is 36.4 Å². The molecule has 0 aliphatic heterocycles. The summed E-state index contributed by atoms with van der Waals surface area (Å²) in [6.07, 6.45) is 21.0. The molecule has 0 aromatic heterocycles. The number of nitrogens with one attached hydrogen (secondary N) is 2. The second kappa shape index (κ2) is 38.3. The molecule has 2 rings (SSSR count). The number of nitrogens with zero attached hydrogens (tertiary/aromatic N) is 2. The van der Waals surface area contributed by atoms with E-state index in [1.807, 2.05) is 34.6 Å². The third kappa shape index (κ3) is 25.8. The van der Waals surface area contributed by atoms with Gasteiger partial charge in [-0.15, -0.1) is 0 Å². The van der Waals surface area contributed by atoms with Crippen molar-refractivity contribution >= 4 is 38.1 Å². The van der Waals surface area contributed by atoms with Crippen molar-refractivity contribution in [2.45, 2.75) is 181 Å². The molecule has 0 radical (unpaired) electrons. The van der Waals surface area contributed by atoms with Crippen LogP contribution < -0.4 is 16.4 Å². The van der Waals surface area contributed by atoms with E-state index in [0.29, 0.717) is 63.4 Å². The summed E-state index contributed by atoms with van der Waals surface area (Å²) in [5, 5.41) is 5.81. The Morgan fingerprint density at radius 1 is 0.500 bits per heavy atom. The Kier molecular flexibility index (Phi) is 37.6. The highest BCUT2D eigenvalue weighted by molar-refractivity contribution is 7.89. The average Bonchev–Trinajstić information content (AvgIpc) is 3.26. The second-order valence-corrected chi connectivity index (χ2v) is 19.2. The van der Waals surface area contributed by atoms with Crippen LogP contribution in [-0.2, 0) is 24.8 Å². The molecule has 0 heterocycles. The van der Waals surface area contributed by atoms with Gasteiger partial charge in [0.1, 0.15) is 6.29 Å². The Morgan fingerprint density at radius 2 is 0.823 bits per heavy atom. The molecular formula is C48H87N5O7S2. The van der Waals surface area contributed by atoms with Crippen LogP contribution in [0.25, 0.3) is 0 Å². The van der Waals surface area contributed by atoms with Crippen molar-refractivity contribution in [3.63, 3.8) is 0 Å². The minimum absolute atomic E-state index is 0. The number of sulfonamides is 2. The molecule has 0 aliphatic carbocycles. The van der Waals surface area contributed by atoms with Crippen LogP contribution in [0.1, 0.15) is 192 Å². The SMILES string of the molecule is C.CCCC=O.CCCCCCCCCCCNC(=O)c1ccc(S(=O)(=O)N(CCC)CCC)cc1.CCCN(CCC)S(=O)(=O)c1ccc(C(=O)NCCCCCCN)cc1. The fourth-order valence-corrected chi connectivity index (χ4v) is 9.59. The van der Waals surface area contributed by atoms with E-state index in [0.717, 1.165) is 76.9 Å². The molecule has 358 valence electrons. The zero-order valence-corrected chi connectivity index (χ0v) is 40.4. The molecule has 0 spiro atoms. The van der Waals surface area contributed by atoms with E-state index in [2.05, 4.69) is 17.6 Å². The number of carbonyl (C=O) groups is 3. The normalized spacial score (nSPS) is 11.2. The maximum atomic E-state index is 12.8. The van der Waals surface area contributed by atoms with Crippen LogP contribution in [0.4, 0.5) is 0 Å². The molecular weight excluding hydrogens is 823 g/mol. The van der Waals surface area contributed by atoms with Crippen LogP contribution in [0.5, 0.6) is 0 Å². The van der Waals surface area contributed by atoms with Gasteiger partial charge >= 0.3 is 0 Å². The van der Waals surface area contributed by atoms with Crippen LogP contribution in [0.15, 0.2) is 58.3 Å². The fraction of sp³-hybridized carbons (Fsp3) is 0.688. The summed E-state index contributed by atoms with van der Waals surface area (Å²) >= 11 is 0. The molecule has 14 heteroatoms. The highest BCUT2D eigenvalue weighted by Crippen LogP contribution is 2.19. The van der Waals surface area contributed by atoms with E-state index in [-0.39, 0.29) is 29.0 Å². The van der Waals surface area contributed by atoms with Crippen molar-refractivity contribution in [2.24, 2.45) is 5.73 Å². The van der Waals surface area contributed by atoms with Gasteiger partial charge in [-0.25, -0.2) is 16.8 Å². The average molecular weight is 910 g/mol. The lowest BCUT2D eigenvalue weighted by Gasteiger charge is -2.21. The predicted octanol–water partition coefficient (Wildman–Crippen LogP) is 10.1. The predicted molar refractivity (Wildman–Crippen MR) is 259 cm³/mol. The first kappa shape index (κ1) is 60.9. The molecule has 12 nitrogen and oxygen atoms in total. The Balaban J connectivity index is 0. The first-order valence-electron chi connectivity index (χ1n) is 23.3. The smallest absolute Gasteiger partial charge is 0.251 e. The number of benzene rings is 2. The van der Waals surface area contributed by atoms with Crippen LogP contribution in [0.3, 0.4) is 0 Å². The van der Waals surface area contributed by atoms with Crippen molar-refractivity contribution in [2.75, 3.05) is 45.8 Å². The van der Waals surface area contributed by atoms with Gasteiger partial charge in [-0.05, 0) is 106 Å². The first-order valence-corrected chi connectivity index (χ1v) is 26.1.